The van der Waals surface area contributed by atoms with Crippen LogP contribution in [0.15, 0.2) is 30.3 Å². The van der Waals surface area contributed by atoms with Gasteiger partial charge in [-0.1, -0.05) is 30.3 Å². The predicted molar refractivity (Wildman–Crippen MR) is 56.3 cm³/mol. The van der Waals surface area contributed by atoms with E-state index in [1.165, 1.54) is 5.56 Å². The third-order valence-corrected chi connectivity index (χ3v) is 2.60. The van der Waals surface area contributed by atoms with Gasteiger partial charge in [0.1, 0.15) is 0 Å². The van der Waals surface area contributed by atoms with E-state index in [1.807, 2.05) is 37.3 Å². The summed E-state index contributed by atoms with van der Waals surface area (Å²) in [6.07, 6.45) is 1.71. The van der Waals surface area contributed by atoms with E-state index in [4.69, 9.17) is 0 Å². The van der Waals surface area contributed by atoms with Crippen molar-refractivity contribution in [1.82, 2.24) is 4.72 Å². The van der Waals surface area contributed by atoms with Crippen molar-refractivity contribution in [2.24, 2.45) is 0 Å². The molecule has 14 heavy (non-hydrogen) atoms. The summed E-state index contributed by atoms with van der Waals surface area (Å²) in [5, 5.41) is 0. The van der Waals surface area contributed by atoms with E-state index < -0.39 is 11.3 Å². The Hall–Kier alpha value is -0.710. The highest BCUT2D eigenvalue weighted by molar-refractivity contribution is 7.77. The molecule has 0 amide bonds. The van der Waals surface area contributed by atoms with Gasteiger partial charge >= 0.3 is 0 Å². The normalized spacial score (nSPS) is 15.0. The smallest absolute Gasteiger partial charge is 0.0183 e. The molecule has 2 unspecified atom stereocenters. The van der Waals surface area contributed by atoms with Crippen LogP contribution in [0, 0.1) is 0 Å². The van der Waals surface area contributed by atoms with Crippen molar-refractivity contribution in [3.8, 4) is 0 Å². The van der Waals surface area contributed by atoms with Crippen LogP contribution in [-0.4, -0.2) is 14.8 Å². The van der Waals surface area contributed by atoms with Crippen LogP contribution in [0.1, 0.15) is 18.9 Å². The molecule has 3 nitrogen and oxygen atoms in total. The molecular formula is C10H14NO2S-. The van der Waals surface area contributed by atoms with Crippen LogP contribution in [0.2, 0.25) is 0 Å². The summed E-state index contributed by atoms with van der Waals surface area (Å²) in [5.41, 5.74) is 1.23. The number of rotatable bonds is 5. The van der Waals surface area contributed by atoms with Crippen LogP contribution in [0.4, 0.5) is 0 Å². The summed E-state index contributed by atoms with van der Waals surface area (Å²) in [6.45, 7) is 1.86. The van der Waals surface area contributed by atoms with Gasteiger partial charge in [-0.2, -0.15) is 0 Å². The van der Waals surface area contributed by atoms with Crippen LogP contribution in [-0.2, 0) is 17.7 Å². The molecule has 78 valence electrons. The molecule has 0 saturated heterocycles. The van der Waals surface area contributed by atoms with Crippen molar-refractivity contribution in [1.29, 1.82) is 0 Å². The molecule has 2 atom stereocenters. The summed E-state index contributed by atoms with van der Waals surface area (Å²) in [6, 6.07) is 10.0. The maximum atomic E-state index is 10.3. The Balaban J connectivity index is 2.30. The average molecular weight is 212 g/mol. The second-order valence-electron chi connectivity index (χ2n) is 3.28. The largest absolute Gasteiger partial charge is 0.760 e. The van der Waals surface area contributed by atoms with Crippen LogP contribution in [0.5, 0.6) is 0 Å². The predicted octanol–water partition coefficient (Wildman–Crippen LogP) is 1.39. The molecule has 4 heteroatoms. The SMILES string of the molecule is CC(CCc1ccccc1)NS(=O)[O-]. The monoisotopic (exact) mass is 212 g/mol. The minimum Gasteiger partial charge on any atom is -0.760 e. The molecule has 1 aromatic carbocycles. The van der Waals surface area contributed by atoms with Crippen LogP contribution < -0.4 is 4.72 Å². The van der Waals surface area contributed by atoms with Gasteiger partial charge in [-0.3, -0.25) is 4.21 Å². The van der Waals surface area contributed by atoms with Crippen LogP contribution >= 0.6 is 0 Å². The van der Waals surface area contributed by atoms with Gasteiger partial charge in [-0.15, -0.1) is 0 Å². The van der Waals surface area contributed by atoms with Gasteiger partial charge in [0.25, 0.3) is 0 Å². The molecule has 1 rings (SSSR count). The van der Waals surface area contributed by atoms with Gasteiger partial charge < -0.3 is 4.55 Å². The number of aryl methyl sites for hydroxylation is 1. The van der Waals surface area contributed by atoms with Crippen molar-refractivity contribution < 1.29 is 8.76 Å². The summed E-state index contributed by atoms with van der Waals surface area (Å²) in [4.78, 5) is 0. The van der Waals surface area contributed by atoms with E-state index in [0.717, 1.165) is 12.8 Å². The van der Waals surface area contributed by atoms with Crippen molar-refractivity contribution in [3.63, 3.8) is 0 Å². The first-order chi connectivity index (χ1) is 6.68. The minimum absolute atomic E-state index is 0.00598. The van der Waals surface area contributed by atoms with Gasteiger partial charge in [0.05, 0.1) is 0 Å². The van der Waals surface area contributed by atoms with Crippen molar-refractivity contribution in [3.05, 3.63) is 35.9 Å². The Morgan fingerprint density at radius 2 is 2.07 bits per heavy atom. The van der Waals surface area contributed by atoms with Crippen LogP contribution in [0.3, 0.4) is 0 Å². The number of benzene rings is 1. The first-order valence-corrected chi connectivity index (χ1v) is 5.65. The topological polar surface area (TPSA) is 52.2 Å². The molecule has 0 spiro atoms. The maximum Gasteiger partial charge on any atom is 0.0183 e. The third-order valence-electron chi connectivity index (χ3n) is 2.01. The van der Waals surface area contributed by atoms with Gasteiger partial charge in [0.15, 0.2) is 0 Å². The number of nitrogens with one attached hydrogen (secondary N) is 1. The molecule has 0 saturated carbocycles. The van der Waals surface area contributed by atoms with E-state index >= 15 is 0 Å². The standard InChI is InChI=1S/C10H15NO2S/c1-9(11-14(12)13)7-8-10-5-3-2-4-6-10/h2-6,9,11H,7-8H2,1H3,(H,12,13)/p-1. The Morgan fingerprint density at radius 1 is 1.43 bits per heavy atom. The van der Waals surface area contributed by atoms with Gasteiger partial charge in [0.2, 0.25) is 0 Å². The van der Waals surface area contributed by atoms with Crippen LogP contribution in [0.25, 0.3) is 0 Å². The highest BCUT2D eigenvalue weighted by atomic mass is 32.2. The molecule has 0 aliphatic rings. The molecule has 0 aliphatic heterocycles. The van der Waals surface area contributed by atoms with Gasteiger partial charge in [-0.05, 0) is 25.3 Å². The Morgan fingerprint density at radius 3 is 2.64 bits per heavy atom. The lowest BCUT2D eigenvalue weighted by Gasteiger charge is -2.14. The summed E-state index contributed by atoms with van der Waals surface area (Å²) < 4.78 is 23.0. The maximum absolute atomic E-state index is 10.3. The Labute approximate surface area is 87.0 Å². The van der Waals surface area contributed by atoms with E-state index in [1.54, 1.807) is 0 Å². The quantitative estimate of drug-likeness (QED) is 0.750. The molecule has 0 aliphatic carbocycles. The highest BCUT2D eigenvalue weighted by Gasteiger charge is 2.00. The average Bonchev–Trinajstić information content (AvgIpc) is 2.15. The second kappa shape index (κ2) is 5.90. The lowest BCUT2D eigenvalue weighted by atomic mass is 10.1. The molecule has 1 N–H and O–H groups in total. The zero-order chi connectivity index (χ0) is 10.4. The highest BCUT2D eigenvalue weighted by Crippen LogP contribution is 2.04. The molecule has 0 fully saturated rings. The van der Waals surface area contributed by atoms with E-state index in [0.29, 0.717) is 0 Å². The van der Waals surface area contributed by atoms with E-state index in [9.17, 15) is 8.76 Å². The molecule has 0 radical (unpaired) electrons. The zero-order valence-electron chi connectivity index (χ0n) is 8.10. The Bertz CT molecular complexity index is 289. The minimum atomic E-state index is -2.15. The first kappa shape index (κ1) is 11.4. The fraction of sp³-hybridized carbons (Fsp3) is 0.400. The van der Waals surface area contributed by atoms with Crippen molar-refractivity contribution in [2.75, 3.05) is 0 Å². The molecule has 0 aromatic heterocycles. The molecule has 0 bridgehead atoms. The lowest BCUT2D eigenvalue weighted by Crippen LogP contribution is -2.28. The second-order valence-corrected chi connectivity index (χ2v) is 3.98. The van der Waals surface area contributed by atoms with Gasteiger partial charge in [0, 0.05) is 17.3 Å². The van der Waals surface area contributed by atoms with E-state index in [-0.39, 0.29) is 6.04 Å². The number of hydrogen-bond donors (Lipinski definition) is 1. The zero-order valence-corrected chi connectivity index (χ0v) is 8.92. The van der Waals surface area contributed by atoms with Crippen molar-refractivity contribution >= 4 is 11.3 Å². The van der Waals surface area contributed by atoms with Gasteiger partial charge in [-0.25, -0.2) is 4.72 Å². The first-order valence-electron chi connectivity index (χ1n) is 4.58. The Kier molecular flexibility index (Phi) is 4.79. The summed E-state index contributed by atoms with van der Waals surface area (Å²) >= 11 is -2.15. The number of hydrogen-bond acceptors (Lipinski definition) is 2. The van der Waals surface area contributed by atoms with E-state index in [2.05, 4.69) is 4.72 Å². The fourth-order valence-corrected chi connectivity index (χ4v) is 1.70. The summed E-state index contributed by atoms with van der Waals surface area (Å²) in [7, 11) is 0. The summed E-state index contributed by atoms with van der Waals surface area (Å²) in [5.74, 6) is 0. The lowest BCUT2D eigenvalue weighted by molar-refractivity contribution is 0.501. The fourth-order valence-electron chi connectivity index (χ4n) is 1.25. The third kappa shape index (κ3) is 4.50. The molecule has 1 aromatic rings. The molecule has 0 heterocycles. The molecular weight excluding hydrogens is 198 g/mol. The van der Waals surface area contributed by atoms with Crippen molar-refractivity contribution in [2.45, 2.75) is 25.8 Å².